The largest absolute Gasteiger partial charge is 0.489 e. The summed E-state index contributed by atoms with van der Waals surface area (Å²) < 4.78 is 98.8. The topological polar surface area (TPSA) is 76.0 Å². The molecule has 240 valence electrons. The number of alkyl halides is 3. The van der Waals surface area contributed by atoms with Gasteiger partial charge < -0.3 is 19.7 Å². The van der Waals surface area contributed by atoms with Crippen LogP contribution in [0, 0.1) is 29.3 Å². The maximum Gasteiger partial charge on any atom is 0.417 e. The van der Waals surface area contributed by atoms with Crippen LogP contribution in [0.4, 0.5) is 26.3 Å². The molecule has 2 fully saturated rings. The SMILES string of the molecule is CCc1cc2c(cc1OCc1cc(-c3cc(F)c(OC4CCC(C)(O)CC4)c(F)c3)c(C(F)(F)F)cc1F)CC1C(C(=O)O)C21. The van der Waals surface area contributed by atoms with E-state index >= 15 is 13.2 Å². The predicted octanol–water partition coefficient (Wildman–Crippen LogP) is 7.97. The van der Waals surface area contributed by atoms with Crippen LogP contribution in [0.2, 0.25) is 0 Å². The summed E-state index contributed by atoms with van der Waals surface area (Å²) in [7, 11) is 0. The Hall–Kier alpha value is -3.73. The highest BCUT2D eigenvalue weighted by Gasteiger charge is 2.59. The lowest BCUT2D eigenvalue weighted by molar-refractivity contribution is -0.139. The molecule has 3 aliphatic carbocycles. The molecule has 6 rings (SSSR count). The first-order valence-electron chi connectivity index (χ1n) is 15.0. The fourth-order valence-corrected chi connectivity index (χ4v) is 6.91. The Morgan fingerprint density at radius 2 is 1.64 bits per heavy atom. The van der Waals surface area contributed by atoms with Gasteiger partial charge in [0.05, 0.1) is 23.2 Å². The Kier molecular flexibility index (Phi) is 7.82. The van der Waals surface area contributed by atoms with Crippen LogP contribution in [0.15, 0.2) is 36.4 Å². The molecule has 0 saturated heterocycles. The van der Waals surface area contributed by atoms with Gasteiger partial charge in [-0.1, -0.05) is 13.0 Å². The molecular formula is C34H32F6O5. The predicted molar refractivity (Wildman–Crippen MR) is 151 cm³/mol. The number of aryl methyl sites for hydroxylation is 1. The number of fused-ring (bicyclic) bond motifs is 3. The molecule has 3 unspecified atom stereocenters. The van der Waals surface area contributed by atoms with Gasteiger partial charge in [-0.05, 0) is 110 Å². The van der Waals surface area contributed by atoms with E-state index in [9.17, 15) is 28.2 Å². The standard InChI is InChI=1S/C34H32F6O5/c1-3-16-8-22-17(9-23-29(22)30(23)32(41)42)13-28(16)44-15-19-10-21(24(14-25(19)35)34(38,39)40)18-11-26(36)31(27(37)12-18)45-20-4-6-33(2,43)7-5-20/h8,10-14,20,23,29-30,43H,3-7,9,15H2,1-2H3,(H,41,42). The molecule has 3 aromatic rings. The highest BCUT2D eigenvalue weighted by Crippen LogP contribution is 2.62. The zero-order valence-corrected chi connectivity index (χ0v) is 24.6. The maximum absolute atomic E-state index is 15.1. The molecule has 3 atom stereocenters. The fourth-order valence-electron chi connectivity index (χ4n) is 6.91. The van der Waals surface area contributed by atoms with Crippen molar-refractivity contribution < 1.29 is 50.8 Å². The second-order valence-electron chi connectivity index (χ2n) is 12.6. The monoisotopic (exact) mass is 634 g/mol. The summed E-state index contributed by atoms with van der Waals surface area (Å²) in [6, 6.07) is 6.31. The molecule has 0 amide bonds. The third-order valence-electron chi connectivity index (χ3n) is 9.45. The van der Waals surface area contributed by atoms with Crippen molar-refractivity contribution in [3.8, 4) is 22.6 Å². The van der Waals surface area contributed by atoms with Gasteiger partial charge in [-0.25, -0.2) is 13.2 Å². The summed E-state index contributed by atoms with van der Waals surface area (Å²) in [5.41, 5.74) is -0.986. The molecular weight excluding hydrogens is 602 g/mol. The molecule has 0 radical (unpaired) electrons. The second kappa shape index (κ2) is 11.3. The van der Waals surface area contributed by atoms with E-state index in [1.165, 1.54) is 0 Å². The van der Waals surface area contributed by atoms with Crippen molar-refractivity contribution in [1.82, 2.24) is 0 Å². The first kappa shape index (κ1) is 31.3. The number of halogens is 6. The van der Waals surface area contributed by atoms with Crippen LogP contribution < -0.4 is 9.47 Å². The number of ether oxygens (including phenoxy) is 2. The zero-order chi connectivity index (χ0) is 32.4. The van der Waals surface area contributed by atoms with Gasteiger partial charge in [0.2, 0.25) is 0 Å². The van der Waals surface area contributed by atoms with Gasteiger partial charge in [-0.15, -0.1) is 0 Å². The summed E-state index contributed by atoms with van der Waals surface area (Å²) >= 11 is 0. The Balaban J connectivity index is 1.27. The lowest BCUT2D eigenvalue weighted by atomic mass is 9.85. The molecule has 0 aromatic heterocycles. The van der Waals surface area contributed by atoms with Gasteiger partial charge in [-0.2, -0.15) is 13.2 Å². The fraction of sp³-hybridized carbons (Fsp3) is 0.441. The van der Waals surface area contributed by atoms with Crippen molar-refractivity contribution in [3.63, 3.8) is 0 Å². The van der Waals surface area contributed by atoms with Gasteiger partial charge in [0.1, 0.15) is 18.2 Å². The van der Waals surface area contributed by atoms with E-state index in [1.54, 1.807) is 13.0 Å². The van der Waals surface area contributed by atoms with E-state index in [2.05, 4.69) is 0 Å². The van der Waals surface area contributed by atoms with Gasteiger partial charge >= 0.3 is 12.1 Å². The third kappa shape index (κ3) is 5.98. The number of carboxylic acids is 1. The van der Waals surface area contributed by atoms with Gasteiger partial charge in [0, 0.05) is 11.5 Å². The van der Waals surface area contributed by atoms with Gasteiger partial charge in [-0.3, -0.25) is 4.79 Å². The summed E-state index contributed by atoms with van der Waals surface area (Å²) in [5.74, 6) is -5.18. The molecule has 11 heteroatoms. The van der Waals surface area contributed by atoms with Crippen molar-refractivity contribution in [2.45, 2.75) is 82.8 Å². The summed E-state index contributed by atoms with van der Waals surface area (Å²) in [5, 5.41) is 19.5. The van der Waals surface area contributed by atoms with E-state index < -0.39 is 76.3 Å². The number of rotatable bonds is 8. The average molecular weight is 635 g/mol. The molecule has 5 nitrogen and oxygen atoms in total. The summed E-state index contributed by atoms with van der Waals surface area (Å²) in [6.07, 6.45) is -3.09. The summed E-state index contributed by atoms with van der Waals surface area (Å²) in [4.78, 5) is 11.5. The second-order valence-corrected chi connectivity index (χ2v) is 12.6. The smallest absolute Gasteiger partial charge is 0.417 e. The average Bonchev–Trinajstić information content (AvgIpc) is 3.57. The van der Waals surface area contributed by atoms with Crippen LogP contribution in [0.1, 0.15) is 73.3 Å². The number of hydrogen-bond acceptors (Lipinski definition) is 4. The summed E-state index contributed by atoms with van der Waals surface area (Å²) in [6.45, 7) is 3.08. The number of benzene rings is 3. The van der Waals surface area contributed by atoms with Gasteiger partial charge in [0.15, 0.2) is 17.4 Å². The Morgan fingerprint density at radius 3 is 2.24 bits per heavy atom. The van der Waals surface area contributed by atoms with Crippen molar-refractivity contribution >= 4 is 5.97 Å². The third-order valence-corrected chi connectivity index (χ3v) is 9.45. The molecule has 45 heavy (non-hydrogen) atoms. The highest BCUT2D eigenvalue weighted by atomic mass is 19.4. The number of aliphatic carboxylic acids is 1. The minimum absolute atomic E-state index is 0.0176. The normalized spacial score (nSPS) is 25.4. The van der Waals surface area contributed by atoms with Gasteiger partial charge in [0.25, 0.3) is 0 Å². The van der Waals surface area contributed by atoms with Crippen LogP contribution in [0.5, 0.6) is 11.5 Å². The highest BCUT2D eigenvalue weighted by molar-refractivity contribution is 5.78. The number of hydrogen-bond donors (Lipinski definition) is 2. The molecule has 0 bridgehead atoms. The molecule has 0 spiro atoms. The van der Waals surface area contributed by atoms with Crippen molar-refractivity contribution in [2.24, 2.45) is 11.8 Å². The Labute approximate surface area is 255 Å². The van der Waals surface area contributed by atoms with Crippen LogP contribution in [0.25, 0.3) is 11.1 Å². The first-order valence-corrected chi connectivity index (χ1v) is 15.0. The van der Waals surface area contributed by atoms with Crippen LogP contribution in [0.3, 0.4) is 0 Å². The first-order chi connectivity index (χ1) is 21.2. The van der Waals surface area contributed by atoms with E-state index in [0.29, 0.717) is 50.3 Å². The van der Waals surface area contributed by atoms with E-state index in [4.69, 9.17) is 9.47 Å². The minimum atomic E-state index is -5.03. The van der Waals surface area contributed by atoms with Crippen LogP contribution in [-0.4, -0.2) is 27.9 Å². The van der Waals surface area contributed by atoms with Crippen LogP contribution in [-0.2, 0) is 30.4 Å². The molecule has 3 aromatic carbocycles. The quantitative estimate of drug-likeness (QED) is 0.246. The Morgan fingerprint density at radius 1 is 0.978 bits per heavy atom. The lowest BCUT2D eigenvalue weighted by Crippen LogP contribution is -2.35. The van der Waals surface area contributed by atoms with E-state index in [-0.39, 0.29) is 17.4 Å². The molecule has 0 aliphatic heterocycles. The molecule has 2 saturated carbocycles. The maximum atomic E-state index is 15.1. The van der Waals surface area contributed by atoms with E-state index in [1.807, 2.05) is 13.0 Å². The van der Waals surface area contributed by atoms with Crippen LogP contribution >= 0.6 is 0 Å². The van der Waals surface area contributed by atoms with E-state index in [0.717, 1.165) is 34.9 Å². The number of carboxylic acid groups (broad SMARTS) is 1. The van der Waals surface area contributed by atoms with Crippen molar-refractivity contribution in [2.75, 3.05) is 0 Å². The minimum Gasteiger partial charge on any atom is -0.489 e. The lowest BCUT2D eigenvalue weighted by Gasteiger charge is -2.33. The zero-order valence-electron chi connectivity index (χ0n) is 24.6. The molecule has 3 aliphatic rings. The van der Waals surface area contributed by atoms with Crippen molar-refractivity contribution in [1.29, 1.82) is 0 Å². The molecule has 2 N–H and O–H groups in total. The number of aliphatic hydroxyl groups is 1. The molecule has 0 heterocycles. The van der Waals surface area contributed by atoms with Crippen molar-refractivity contribution in [3.05, 3.63) is 81.7 Å². The number of carbonyl (C=O) groups is 1. The Bertz CT molecular complexity index is 1630.